The Morgan fingerprint density at radius 3 is 1.92 bits per heavy atom. The van der Waals surface area contributed by atoms with Gasteiger partial charge in [0.15, 0.2) is 0 Å². The molecule has 1 N–H and O–H groups in total. The van der Waals surface area contributed by atoms with Crippen molar-refractivity contribution in [3.63, 3.8) is 0 Å². The Balaban J connectivity index is 0.000000243. The fourth-order valence-corrected chi connectivity index (χ4v) is 0.862. The fraction of sp³-hybridized carbons (Fsp3) is 1.00. The molecule has 0 spiro atoms. The zero-order valence-corrected chi connectivity index (χ0v) is 9.01. The summed E-state index contributed by atoms with van der Waals surface area (Å²) in [5, 5.41) is 8.30. The summed E-state index contributed by atoms with van der Waals surface area (Å²) in [7, 11) is 0. The lowest BCUT2D eigenvalue weighted by molar-refractivity contribution is -0.0199. The highest BCUT2D eigenvalue weighted by molar-refractivity contribution is 4.57. The number of ether oxygens (including phenoxy) is 2. The highest BCUT2D eigenvalue weighted by Crippen LogP contribution is 2.04. The van der Waals surface area contributed by atoms with Gasteiger partial charge in [0.05, 0.1) is 18.8 Å². The molecule has 1 heterocycles. The second kappa shape index (κ2) is 7.30. The zero-order chi connectivity index (χ0) is 10.2. The van der Waals surface area contributed by atoms with Crippen molar-refractivity contribution in [1.29, 1.82) is 0 Å². The third-order valence-corrected chi connectivity index (χ3v) is 1.45. The van der Waals surface area contributed by atoms with E-state index in [1.165, 1.54) is 12.8 Å². The first-order valence-corrected chi connectivity index (χ1v) is 4.89. The van der Waals surface area contributed by atoms with Crippen LogP contribution in [0.1, 0.15) is 33.6 Å². The maximum atomic E-state index is 8.30. The van der Waals surface area contributed by atoms with Crippen LogP contribution < -0.4 is 0 Å². The van der Waals surface area contributed by atoms with Gasteiger partial charge in [-0.1, -0.05) is 0 Å². The zero-order valence-electron chi connectivity index (χ0n) is 9.01. The van der Waals surface area contributed by atoms with Gasteiger partial charge in [0.1, 0.15) is 0 Å². The van der Waals surface area contributed by atoms with Crippen LogP contribution in [0.2, 0.25) is 0 Å². The predicted molar refractivity (Wildman–Crippen MR) is 52.8 cm³/mol. The van der Waals surface area contributed by atoms with Gasteiger partial charge in [-0.3, -0.25) is 0 Å². The highest BCUT2D eigenvalue weighted by atomic mass is 16.5. The molecule has 3 heteroatoms. The number of aliphatic hydroxyl groups is 1. The summed E-state index contributed by atoms with van der Waals surface area (Å²) in [5.41, 5.74) is -0.108. The molecule has 0 aromatic carbocycles. The van der Waals surface area contributed by atoms with E-state index in [9.17, 15) is 0 Å². The van der Waals surface area contributed by atoms with Crippen LogP contribution in [0, 0.1) is 0 Å². The Hall–Kier alpha value is -0.120. The molecule has 0 aromatic heterocycles. The molecule has 0 saturated carbocycles. The smallest absolute Gasteiger partial charge is 0.0704 e. The Morgan fingerprint density at radius 1 is 1.23 bits per heavy atom. The first kappa shape index (κ1) is 12.9. The van der Waals surface area contributed by atoms with Gasteiger partial charge in [0.2, 0.25) is 0 Å². The molecule has 1 saturated heterocycles. The van der Waals surface area contributed by atoms with Gasteiger partial charge in [-0.2, -0.15) is 0 Å². The van der Waals surface area contributed by atoms with Crippen molar-refractivity contribution in [2.75, 3.05) is 26.4 Å². The predicted octanol–water partition coefficient (Wildman–Crippen LogP) is 1.59. The average Bonchev–Trinajstić information content (AvgIpc) is 2.56. The van der Waals surface area contributed by atoms with E-state index in [-0.39, 0.29) is 12.2 Å². The van der Waals surface area contributed by atoms with Crippen LogP contribution in [0.3, 0.4) is 0 Å². The maximum Gasteiger partial charge on any atom is 0.0704 e. The van der Waals surface area contributed by atoms with Crippen LogP contribution in [0.15, 0.2) is 0 Å². The molecule has 13 heavy (non-hydrogen) atoms. The third-order valence-electron chi connectivity index (χ3n) is 1.45. The van der Waals surface area contributed by atoms with Crippen molar-refractivity contribution in [3.05, 3.63) is 0 Å². The van der Waals surface area contributed by atoms with Crippen LogP contribution >= 0.6 is 0 Å². The summed E-state index contributed by atoms with van der Waals surface area (Å²) < 4.78 is 10.1. The maximum absolute atomic E-state index is 8.30. The molecule has 0 atom stereocenters. The van der Waals surface area contributed by atoms with Crippen LogP contribution in [0.4, 0.5) is 0 Å². The van der Waals surface area contributed by atoms with E-state index in [0.717, 1.165) is 13.2 Å². The Morgan fingerprint density at radius 2 is 1.77 bits per heavy atom. The number of aliphatic hydroxyl groups excluding tert-OH is 1. The summed E-state index contributed by atoms with van der Waals surface area (Å²) in [6.07, 6.45) is 2.56. The minimum atomic E-state index is -0.108. The van der Waals surface area contributed by atoms with Crippen molar-refractivity contribution in [2.24, 2.45) is 0 Å². The van der Waals surface area contributed by atoms with E-state index < -0.39 is 0 Å². The topological polar surface area (TPSA) is 38.7 Å². The standard InChI is InChI=1S/C6H14O2.C4H8O/c1-6(2,3)8-5-4-7;1-2-4-5-3-1/h7H,4-5H2,1-3H3;1-4H2. The van der Waals surface area contributed by atoms with Gasteiger partial charge in [-0.05, 0) is 33.6 Å². The first-order valence-electron chi connectivity index (χ1n) is 4.89. The minimum absolute atomic E-state index is 0.108. The highest BCUT2D eigenvalue weighted by Gasteiger charge is 2.07. The van der Waals surface area contributed by atoms with Crippen LogP contribution in [0.25, 0.3) is 0 Å². The summed E-state index contributed by atoms with van der Waals surface area (Å²) in [6, 6.07) is 0. The largest absolute Gasteiger partial charge is 0.394 e. The van der Waals surface area contributed by atoms with Crippen molar-refractivity contribution in [3.8, 4) is 0 Å². The molecule has 80 valence electrons. The minimum Gasteiger partial charge on any atom is -0.394 e. The van der Waals surface area contributed by atoms with Crippen molar-refractivity contribution < 1.29 is 14.6 Å². The molecule has 3 nitrogen and oxygen atoms in total. The van der Waals surface area contributed by atoms with Gasteiger partial charge in [0, 0.05) is 13.2 Å². The van der Waals surface area contributed by atoms with E-state index >= 15 is 0 Å². The van der Waals surface area contributed by atoms with Crippen LogP contribution in [-0.2, 0) is 9.47 Å². The molecule has 0 bridgehead atoms. The lowest BCUT2D eigenvalue weighted by Crippen LogP contribution is -2.20. The molecule has 1 aliphatic heterocycles. The van der Waals surface area contributed by atoms with E-state index in [1.54, 1.807) is 0 Å². The lowest BCUT2D eigenvalue weighted by atomic mass is 10.2. The van der Waals surface area contributed by atoms with Gasteiger partial charge in [0.25, 0.3) is 0 Å². The average molecular weight is 190 g/mol. The molecular weight excluding hydrogens is 168 g/mol. The number of hydrogen-bond acceptors (Lipinski definition) is 3. The Kier molecular flexibility index (Phi) is 7.23. The molecule has 1 fully saturated rings. The molecule has 0 unspecified atom stereocenters. The Labute approximate surface area is 81.0 Å². The molecule has 0 aromatic rings. The first-order chi connectivity index (χ1) is 6.06. The quantitative estimate of drug-likeness (QED) is 0.718. The second-order valence-electron chi connectivity index (χ2n) is 4.00. The number of hydrogen-bond donors (Lipinski definition) is 1. The fourth-order valence-electron chi connectivity index (χ4n) is 0.862. The van der Waals surface area contributed by atoms with E-state index in [4.69, 9.17) is 14.6 Å². The van der Waals surface area contributed by atoms with E-state index in [0.29, 0.717) is 6.61 Å². The molecule has 0 aliphatic carbocycles. The van der Waals surface area contributed by atoms with Crippen molar-refractivity contribution in [1.82, 2.24) is 0 Å². The van der Waals surface area contributed by atoms with Gasteiger partial charge in [-0.25, -0.2) is 0 Å². The second-order valence-corrected chi connectivity index (χ2v) is 4.00. The molecule has 0 radical (unpaired) electrons. The monoisotopic (exact) mass is 190 g/mol. The SMILES string of the molecule is C1CCOC1.CC(C)(C)OCCO. The van der Waals surface area contributed by atoms with Gasteiger partial charge >= 0.3 is 0 Å². The van der Waals surface area contributed by atoms with Crippen molar-refractivity contribution >= 4 is 0 Å². The number of rotatable bonds is 2. The van der Waals surface area contributed by atoms with E-state index in [1.807, 2.05) is 20.8 Å². The van der Waals surface area contributed by atoms with Crippen molar-refractivity contribution in [2.45, 2.75) is 39.2 Å². The van der Waals surface area contributed by atoms with Crippen LogP contribution in [-0.4, -0.2) is 37.1 Å². The summed E-state index contributed by atoms with van der Waals surface area (Å²) in [6.45, 7) is 8.43. The van der Waals surface area contributed by atoms with Gasteiger partial charge in [-0.15, -0.1) is 0 Å². The van der Waals surface area contributed by atoms with E-state index in [2.05, 4.69) is 0 Å². The summed E-state index contributed by atoms with van der Waals surface area (Å²) in [4.78, 5) is 0. The van der Waals surface area contributed by atoms with Crippen LogP contribution in [0.5, 0.6) is 0 Å². The lowest BCUT2D eigenvalue weighted by Gasteiger charge is -2.18. The third kappa shape index (κ3) is 11.9. The Bertz CT molecular complexity index is 95.6. The summed E-state index contributed by atoms with van der Waals surface area (Å²) in [5.74, 6) is 0. The molecule has 1 rings (SSSR count). The normalized spacial score (nSPS) is 16.6. The summed E-state index contributed by atoms with van der Waals surface area (Å²) >= 11 is 0. The molecule has 1 aliphatic rings. The molecular formula is C10H22O3. The molecule has 0 amide bonds. The van der Waals surface area contributed by atoms with Gasteiger partial charge < -0.3 is 14.6 Å².